The van der Waals surface area contributed by atoms with Crippen LogP contribution in [0.3, 0.4) is 0 Å². The molecule has 0 unspecified atom stereocenters. The van der Waals surface area contributed by atoms with Crippen LogP contribution >= 0.6 is 0 Å². The highest BCUT2D eigenvalue weighted by molar-refractivity contribution is 5.97. The van der Waals surface area contributed by atoms with Crippen LogP contribution in [0.25, 0.3) is 0 Å². The van der Waals surface area contributed by atoms with Gasteiger partial charge in [-0.25, -0.2) is 0 Å². The second-order valence-electron chi connectivity index (χ2n) is 4.38. The van der Waals surface area contributed by atoms with E-state index in [0.717, 1.165) is 18.4 Å². The van der Waals surface area contributed by atoms with E-state index < -0.39 is 0 Å². The molecule has 4 nitrogen and oxygen atoms in total. The van der Waals surface area contributed by atoms with Gasteiger partial charge < -0.3 is 15.2 Å². The van der Waals surface area contributed by atoms with Crippen molar-refractivity contribution in [3.05, 3.63) is 29.3 Å². The quantitative estimate of drug-likeness (QED) is 0.818. The normalized spacial score (nSPS) is 16.8. The molecule has 1 heterocycles. The predicted molar refractivity (Wildman–Crippen MR) is 64.2 cm³/mol. The van der Waals surface area contributed by atoms with Gasteiger partial charge in [0.25, 0.3) is 5.91 Å². The molecule has 1 fully saturated rings. The summed E-state index contributed by atoms with van der Waals surface area (Å²) < 4.78 is 5.23. The molecule has 0 saturated carbocycles. The summed E-state index contributed by atoms with van der Waals surface area (Å²) in [5.41, 5.74) is 1.27. The van der Waals surface area contributed by atoms with E-state index in [-0.39, 0.29) is 17.7 Å². The number of phenolic OH excluding ortho intramolecular Hbond substituents is 1. The molecule has 2 N–H and O–H groups in total. The summed E-state index contributed by atoms with van der Waals surface area (Å²) in [6.07, 6.45) is 1.66. The van der Waals surface area contributed by atoms with Gasteiger partial charge in [-0.1, -0.05) is 6.07 Å². The number of aryl methyl sites for hydroxylation is 1. The number of ether oxygens (including phenoxy) is 1. The Bertz CT molecular complexity index is 411. The number of benzene rings is 1. The van der Waals surface area contributed by atoms with Gasteiger partial charge in [-0.3, -0.25) is 4.79 Å². The molecule has 1 aromatic rings. The van der Waals surface area contributed by atoms with E-state index in [9.17, 15) is 9.90 Å². The van der Waals surface area contributed by atoms with Crippen LogP contribution in [0.2, 0.25) is 0 Å². The maximum Gasteiger partial charge on any atom is 0.255 e. The van der Waals surface area contributed by atoms with Crippen molar-refractivity contribution in [1.29, 1.82) is 0 Å². The third-order valence-electron chi connectivity index (χ3n) is 2.95. The number of hydrogen-bond donors (Lipinski definition) is 2. The van der Waals surface area contributed by atoms with E-state index in [0.29, 0.717) is 18.8 Å². The molecular formula is C13H17NO3. The molecule has 2 rings (SSSR count). The fourth-order valence-corrected chi connectivity index (χ4v) is 1.94. The average Bonchev–Trinajstić information content (AvgIpc) is 2.30. The third-order valence-corrected chi connectivity index (χ3v) is 2.95. The number of aromatic hydroxyl groups is 1. The zero-order valence-electron chi connectivity index (χ0n) is 9.90. The summed E-state index contributed by atoms with van der Waals surface area (Å²) in [6, 6.07) is 5.22. The number of carbonyl (C=O) groups is 1. The molecular weight excluding hydrogens is 218 g/mol. The summed E-state index contributed by atoms with van der Waals surface area (Å²) in [7, 11) is 0. The molecule has 4 heteroatoms. The minimum atomic E-state index is -0.214. The van der Waals surface area contributed by atoms with Gasteiger partial charge in [0, 0.05) is 19.3 Å². The highest BCUT2D eigenvalue weighted by atomic mass is 16.5. The standard InChI is InChI=1S/C13H17NO3/c1-9-2-3-11(12(15)8-9)13(16)14-10-4-6-17-7-5-10/h2-3,8,10,15H,4-7H2,1H3,(H,14,16). The van der Waals surface area contributed by atoms with Crippen LogP contribution in [0, 0.1) is 6.92 Å². The molecule has 17 heavy (non-hydrogen) atoms. The molecule has 1 aromatic carbocycles. The second-order valence-corrected chi connectivity index (χ2v) is 4.38. The fraction of sp³-hybridized carbons (Fsp3) is 0.462. The van der Waals surface area contributed by atoms with Crippen molar-refractivity contribution < 1.29 is 14.6 Å². The SMILES string of the molecule is Cc1ccc(C(=O)NC2CCOCC2)c(O)c1. The molecule has 92 valence electrons. The van der Waals surface area contributed by atoms with Crippen molar-refractivity contribution in [2.24, 2.45) is 0 Å². The van der Waals surface area contributed by atoms with Crippen LogP contribution in [0.5, 0.6) is 5.75 Å². The summed E-state index contributed by atoms with van der Waals surface area (Å²) in [5, 5.41) is 12.6. The summed E-state index contributed by atoms with van der Waals surface area (Å²) in [5.74, 6) is -0.177. The average molecular weight is 235 g/mol. The fourth-order valence-electron chi connectivity index (χ4n) is 1.94. The van der Waals surface area contributed by atoms with E-state index >= 15 is 0 Å². The Morgan fingerprint density at radius 2 is 2.12 bits per heavy atom. The molecule has 0 radical (unpaired) electrons. The topological polar surface area (TPSA) is 58.6 Å². The molecule has 1 amide bonds. The Balaban J connectivity index is 2.03. The third kappa shape index (κ3) is 2.97. The molecule has 1 aliphatic rings. The Morgan fingerprint density at radius 1 is 1.41 bits per heavy atom. The number of carbonyl (C=O) groups excluding carboxylic acids is 1. The number of rotatable bonds is 2. The van der Waals surface area contributed by atoms with E-state index in [1.54, 1.807) is 12.1 Å². The van der Waals surface area contributed by atoms with Gasteiger partial charge in [-0.2, -0.15) is 0 Å². The van der Waals surface area contributed by atoms with Crippen LogP contribution in [0.15, 0.2) is 18.2 Å². The zero-order chi connectivity index (χ0) is 12.3. The van der Waals surface area contributed by atoms with E-state index in [4.69, 9.17) is 4.74 Å². The largest absolute Gasteiger partial charge is 0.507 e. The van der Waals surface area contributed by atoms with Crippen molar-refractivity contribution in [3.63, 3.8) is 0 Å². The van der Waals surface area contributed by atoms with Crippen LogP contribution in [0.4, 0.5) is 0 Å². The minimum absolute atomic E-state index is 0.0366. The van der Waals surface area contributed by atoms with Gasteiger partial charge in [0.2, 0.25) is 0 Å². The summed E-state index contributed by atoms with van der Waals surface area (Å²) in [6.45, 7) is 3.25. The molecule has 0 aromatic heterocycles. The lowest BCUT2D eigenvalue weighted by Crippen LogP contribution is -2.38. The number of nitrogens with one attached hydrogen (secondary N) is 1. The highest BCUT2D eigenvalue weighted by Gasteiger charge is 2.18. The van der Waals surface area contributed by atoms with Gasteiger partial charge in [-0.05, 0) is 37.5 Å². The van der Waals surface area contributed by atoms with Crippen molar-refractivity contribution >= 4 is 5.91 Å². The zero-order valence-corrected chi connectivity index (χ0v) is 9.90. The lowest BCUT2D eigenvalue weighted by molar-refractivity contribution is 0.0695. The Hall–Kier alpha value is -1.55. The Kier molecular flexibility index (Phi) is 3.64. The number of phenols is 1. The number of amides is 1. The first-order valence-corrected chi connectivity index (χ1v) is 5.85. The first kappa shape index (κ1) is 11.9. The number of hydrogen-bond acceptors (Lipinski definition) is 3. The van der Waals surface area contributed by atoms with E-state index in [2.05, 4.69) is 5.32 Å². The van der Waals surface area contributed by atoms with Gasteiger partial charge in [0.1, 0.15) is 5.75 Å². The molecule has 0 atom stereocenters. The Labute approximate surface area is 101 Å². The van der Waals surface area contributed by atoms with Crippen molar-refractivity contribution in [2.45, 2.75) is 25.8 Å². The first-order valence-electron chi connectivity index (χ1n) is 5.85. The molecule has 1 aliphatic heterocycles. The van der Waals surface area contributed by atoms with Gasteiger partial charge in [0.05, 0.1) is 5.56 Å². The van der Waals surface area contributed by atoms with Crippen LogP contribution in [-0.2, 0) is 4.74 Å². The van der Waals surface area contributed by atoms with E-state index in [1.165, 1.54) is 0 Å². The molecule has 0 spiro atoms. The first-order chi connectivity index (χ1) is 8.16. The van der Waals surface area contributed by atoms with E-state index in [1.807, 2.05) is 13.0 Å². The van der Waals surface area contributed by atoms with Crippen LogP contribution < -0.4 is 5.32 Å². The molecule has 0 bridgehead atoms. The summed E-state index contributed by atoms with van der Waals surface area (Å²) in [4.78, 5) is 11.9. The van der Waals surface area contributed by atoms with Gasteiger partial charge in [-0.15, -0.1) is 0 Å². The van der Waals surface area contributed by atoms with Crippen LogP contribution in [-0.4, -0.2) is 30.3 Å². The molecule has 0 aliphatic carbocycles. The van der Waals surface area contributed by atoms with Crippen molar-refractivity contribution in [1.82, 2.24) is 5.32 Å². The lowest BCUT2D eigenvalue weighted by atomic mass is 10.1. The lowest BCUT2D eigenvalue weighted by Gasteiger charge is -2.23. The monoisotopic (exact) mass is 235 g/mol. The smallest absolute Gasteiger partial charge is 0.255 e. The van der Waals surface area contributed by atoms with Crippen molar-refractivity contribution in [3.8, 4) is 5.75 Å². The highest BCUT2D eigenvalue weighted by Crippen LogP contribution is 2.19. The van der Waals surface area contributed by atoms with Gasteiger partial charge in [0.15, 0.2) is 0 Å². The maximum absolute atomic E-state index is 11.9. The van der Waals surface area contributed by atoms with Gasteiger partial charge >= 0.3 is 0 Å². The minimum Gasteiger partial charge on any atom is -0.507 e. The Morgan fingerprint density at radius 3 is 2.76 bits per heavy atom. The predicted octanol–water partition coefficient (Wildman–Crippen LogP) is 1.61. The second kappa shape index (κ2) is 5.19. The summed E-state index contributed by atoms with van der Waals surface area (Å²) >= 11 is 0. The van der Waals surface area contributed by atoms with Crippen molar-refractivity contribution in [2.75, 3.05) is 13.2 Å². The van der Waals surface area contributed by atoms with Crippen LogP contribution in [0.1, 0.15) is 28.8 Å². The molecule has 1 saturated heterocycles. The maximum atomic E-state index is 11.9.